The fourth-order valence-electron chi connectivity index (χ4n) is 4.15. The van der Waals surface area contributed by atoms with Crippen molar-refractivity contribution < 1.29 is 14.3 Å². The Morgan fingerprint density at radius 2 is 1.70 bits per heavy atom. The quantitative estimate of drug-likeness (QED) is 0.777. The largest absolute Gasteiger partial charge is 0.462 e. The van der Waals surface area contributed by atoms with Gasteiger partial charge in [0.1, 0.15) is 5.56 Å². The van der Waals surface area contributed by atoms with Crippen LogP contribution in [0.3, 0.4) is 0 Å². The number of amides is 1. The highest BCUT2D eigenvalue weighted by Crippen LogP contribution is 2.28. The predicted molar refractivity (Wildman–Crippen MR) is 100 cm³/mol. The van der Waals surface area contributed by atoms with E-state index in [1.807, 2.05) is 11.8 Å². The summed E-state index contributed by atoms with van der Waals surface area (Å²) in [6.45, 7) is 5.28. The third kappa shape index (κ3) is 3.09. The van der Waals surface area contributed by atoms with Crippen molar-refractivity contribution >= 4 is 17.5 Å². The molecule has 2 aliphatic rings. The van der Waals surface area contributed by atoms with Crippen molar-refractivity contribution in [3.05, 3.63) is 28.2 Å². The van der Waals surface area contributed by atoms with Gasteiger partial charge in [0.2, 0.25) is 0 Å². The van der Waals surface area contributed by atoms with Crippen LogP contribution in [-0.4, -0.2) is 51.1 Å². The third-order valence-corrected chi connectivity index (χ3v) is 5.56. The van der Waals surface area contributed by atoms with E-state index in [9.17, 15) is 9.59 Å². The van der Waals surface area contributed by atoms with Gasteiger partial charge in [-0.3, -0.25) is 4.79 Å². The Kier molecular flexibility index (Phi) is 4.85. The summed E-state index contributed by atoms with van der Waals surface area (Å²) in [6, 6.07) is 0. The summed E-state index contributed by atoms with van der Waals surface area (Å²) in [5.41, 5.74) is 3.72. The molecule has 4 rings (SSSR count). The Bertz CT molecular complexity index is 896. The SMILES string of the molecule is CCOC(=O)c1c(C(=O)N2CCCCC2)c2nc3c(nn2c1C)CCCC3. The average Bonchev–Trinajstić information content (AvgIpc) is 2.98. The fourth-order valence-corrected chi connectivity index (χ4v) is 4.15. The Balaban J connectivity index is 1.91. The number of carbonyl (C=O) groups is 2. The second-order valence-corrected chi connectivity index (χ2v) is 7.36. The first-order valence-corrected chi connectivity index (χ1v) is 9.99. The van der Waals surface area contributed by atoms with Gasteiger partial charge in [-0.05, 0) is 58.8 Å². The monoisotopic (exact) mass is 370 g/mol. The van der Waals surface area contributed by atoms with E-state index in [1.165, 1.54) is 0 Å². The number of aromatic nitrogens is 3. The molecule has 27 heavy (non-hydrogen) atoms. The molecule has 0 unspecified atom stereocenters. The number of ether oxygens (including phenoxy) is 1. The molecule has 7 heteroatoms. The molecule has 2 aromatic heterocycles. The zero-order valence-corrected chi connectivity index (χ0v) is 16.1. The molecule has 7 nitrogen and oxygen atoms in total. The van der Waals surface area contributed by atoms with Crippen LogP contribution >= 0.6 is 0 Å². The molecule has 0 saturated carbocycles. The van der Waals surface area contributed by atoms with E-state index >= 15 is 0 Å². The topological polar surface area (TPSA) is 76.8 Å². The van der Waals surface area contributed by atoms with Crippen molar-refractivity contribution in [1.29, 1.82) is 0 Å². The van der Waals surface area contributed by atoms with Crippen molar-refractivity contribution in [2.45, 2.75) is 58.8 Å². The van der Waals surface area contributed by atoms with E-state index in [0.29, 0.717) is 22.5 Å². The van der Waals surface area contributed by atoms with Crippen LogP contribution in [-0.2, 0) is 17.6 Å². The van der Waals surface area contributed by atoms with E-state index in [4.69, 9.17) is 14.8 Å². The lowest BCUT2D eigenvalue weighted by Crippen LogP contribution is -2.36. The Morgan fingerprint density at radius 1 is 1.00 bits per heavy atom. The van der Waals surface area contributed by atoms with Gasteiger partial charge in [0.05, 0.1) is 29.3 Å². The first-order chi connectivity index (χ1) is 13.1. The van der Waals surface area contributed by atoms with E-state index in [0.717, 1.165) is 69.4 Å². The second kappa shape index (κ2) is 7.29. The van der Waals surface area contributed by atoms with Gasteiger partial charge in [-0.2, -0.15) is 5.10 Å². The molecule has 144 valence electrons. The molecule has 1 amide bonds. The molecular weight excluding hydrogens is 344 g/mol. The van der Waals surface area contributed by atoms with Crippen LogP contribution in [0.15, 0.2) is 0 Å². The fraction of sp³-hybridized carbons (Fsp3) is 0.600. The van der Waals surface area contributed by atoms with Crippen molar-refractivity contribution in [3.63, 3.8) is 0 Å². The van der Waals surface area contributed by atoms with Crippen LogP contribution in [0.5, 0.6) is 0 Å². The highest BCUT2D eigenvalue weighted by atomic mass is 16.5. The van der Waals surface area contributed by atoms with Crippen molar-refractivity contribution in [2.24, 2.45) is 0 Å². The van der Waals surface area contributed by atoms with E-state index < -0.39 is 5.97 Å². The van der Waals surface area contributed by atoms with Crippen LogP contribution in [0.1, 0.15) is 76.8 Å². The summed E-state index contributed by atoms with van der Waals surface area (Å²) in [5, 5.41) is 4.74. The highest BCUT2D eigenvalue weighted by Gasteiger charge is 2.32. The molecule has 0 N–H and O–H groups in total. The van der Waals surface area contributed by atoms with Gasteiger partial charge in [0, 0.05) is 13.1 Å². The molecule has 1 fully saturated rings. The first-order valence-electron chi connectivity index (χ1n) is 9.99. The molecule has 0 aromatic carbocycles. The number of hydrogen-bond acceptors (Lipinski definition) is 5. The molecule has 3 heterocycles. The number of hydrogen-bond donors (Lipinski definition) is 0. The lowest BCUT2D eigenvalue weighted by molar-refractivity contribution is 0.0517. The van der Waals surface area contributed by atoms with Gasteiger partial charge in [-0.25, -0.2) is 14.3 Å². The summed E-state index contributed by atoms with van der Waals surface area (Å²) < 4.78 is 6.94. The molecule has 0 bridgehead atoms. The van der Waals surface area contributed by atoms with Gasteiger partial charge >= 0.3 is 5.97 Å². The Hall–Kier alpha value is -2.44. The summed E-state index contributed by atoms with van der Waals surface area (Å²) in [5.74, 6) is -0.603. The van der Waals surface area contributed by atoms with E-state index in [-0.39, 0.29) is 12.5 Å². The molecule has 0 spiro atoms. The smallest absolute Gasteiger partial charge is 0.340 e. The standard InChI is InChI=1S/C20H26N4O3/c1-3-27-20(26)16-13(2)24-18(21-14-9-5-6-10-15(14)22-24)17(16)19(25)23-11-7-4-8-12-23/h3-12H2,1-2H3. The van der Waals surface area contributed by atoms with Crippen molar-refractivity contribution in [2.75, 3.05) is 19.7 Å². The number of nitrogens with zero attached hydrogens (tertiary/aromatic N) is 4. The van der Waals surface area contributed by atoms with Crippen LogP contribution in [0, 0.1) is 6.92 Å². The minimum atomic E-state index is -0.472. The van der Waals surface area contributed by atoms with E-state index in [2.05, 4.69) is 0 Å². The second-order valence-electron chi connectivity index (χ2n) is 7.36. The minimum Gasteiger partial charge on any atom is -0.462 e. The Morgan fingerprint density at radius 3 is 2.41 bits per heavy atom. The van der Waals surface area contributed by atoms with Gasteiger partial charge in [0.15, 0.2) is 5.65 Å². The van der Waals surface area contributed by atoms with Crippen molar-refractivity contribution in [3.8, 4) is 0 Å². The Labute approximate surface area is 158 Å². The lowest BCUT2D eigenvalue weighted by atomic mass is 10.0. The van der Waals surface area contributed by atoms with Crippen LogP contribution in [0.4, 0.5) is 0 Å². The average molecular weight is 370 g/mol. The van der Waals surface area contributed by atoms with Crippen molar-refractivity contribution in [1.82, 2.24) is 19.5 Å². The summed E-state index contributed by atoms with van der Waals surface area (Å²) in [6.07, 6.45) is 7.06. The zero-order valence-electron chi connectivity index (χ0n) is 16.1. The maximum absolute atomic E-state index is 13.4. The molecule has 2 aromatic rings. The number of rotatable bonds is 3. The maximum Gasteiger partial charge on any atom is 0.340 e. The number of fused-ring (bicyclic) bond motifs is 2. The lowest BCUT2D eigenvalue weighted by Gasteiger charge is -2.26. The van der Waals surface area contributed by atoms with Gasteiger partial charge < -0.3 is 9.64 Å². The number of esters is 1. The predicted octanol–water partition coefficient (Wildman–Crippen LogP) is 2.72. The normalized spacial score (nSPS) is 17.0. The number of piperidine rings is 1. The van der Waals surface area contributed by atoms with E-state index in [1.54, 1.807) is 11.4 Å². The molecule has 0 radical (unpaired) electrons. The number of carbonyl (C=O) groups excluding carboxylic acids is 2. The van der Waals surface area contributed by atoms with Gasteiger partial charge in [-0.1, -0.05) is 0 Å². The summed E-state index contributed by atoms with van der Waals surface area (Å²) in [7, 11) is 0. The maximum atomic E-state index is 13.4. The molecule has 1 aliphatic heterocycles. The van der Waals surface area contributed by atoms with Gasteiger partial charge in [0.25, 0.3) is 5.91 Å². The summed E-state index contributed by atoms with van der Waals surface area (Å²) >= 11 is 0. The molecule has 1 aliphatic carbocycles. The van der Waals surface area contributed by atoms with Gasteiger partial charge in [-0.15, -0.1) is 0 Å². The summed E-state index contributed by atoms with van der Waals surface area (Å²) in [4.78, 5) is 32.7. The zero-order chi connectivity index (χ0) is 19.0. The minimum absolute atomic E-state index is 0.131. The van der Waals surface area contributed by atoms with Crippen LogP contribution in [0.25, 0.3) is 5.65 Å². The van der Waals surface area contributed by atoms with Crippen LogP contribution < -0.4 is 0 Å². The first kappa shape index (κ1) is 17.9. The molecule has 1 saturated heterocycles. The molecular formula is C20H26N4O3. The number of aryl methyl sites for hydroxylation is 3. The third-order valence-electron chi connectivity index (χ3n) is 5.56. The van der Waals surface area contributed by atoms with Crippen LogP contribution in [0.2, 0.25) is 0 Å². The number of likely N-dealkylation sites (tertiary alicyclic amines) is 1. The molecule has 0 atom stereocenters. The highest BCUT2D eigenvalue weighted by molar-refractivity contribution is 6.10.